The number of nitrogens with zero attached hydrogens (tertiary/aromatic N) is 5. The summed E-state index contributed by atoms with van der Waals surface area (Å²) in [4.78, 5) is 18.1. The van der Waals surface area contributed by atoms with Gasteiger partial charge in [0.15, 0.2) is 0 Å². The topological polar surface area (TPSA) is 80.4 Å². The number of anilines is 2. The van der Waals surface area contributed by atoms with Crippen LogP contribution in [0.25, 0.3) is 0 Å². The van der Waals surface area contributed by atoms with Gasteiger partial charge in [0, 0.05) is 38.6 Å². The maximum Gasteiger partial charge on any atom is 0.230 e. The Bertz CT molecular complexity index is 636. The van der Waals surface area contributed by atoms with E-state index in [1.54, 1.807) is 0 Å². The van der Waals surface area contributed by atoms with Crippen LogP contribution in [0.5, 0.6) is 0 Å². The molecular weight excluding hydrogens is 316 g/mol. The lowest BCUT2D eigenvalue weighted by Gasteiger charge is -2.39. The minimum absolute atomic E-state index is 0.272. The molecule has 2 saturated carbocycles. The number of nitrogens with two attached hydrogens (primary N) is 1. The van der Waals surface area contributed by atoms with E-state index in [0.29, 0.717) is 18.0 Å². The molecule has 136 valence electrons. The molecule has 1 aromatic heterocycles. The molecule has 5 rings (SSSR count). The van der Waals surface area contributed by atoms with Crippen molar-refractivity contribution in [3.63, 3.8) is 0 Å². The van der Waals surface area contributed by atoms with Gasteiger partial charge in [0.1, 0.15) is 5.82 Å². The molecule has 25 heavy (non-hydrogen) atoms. The second kappa shape index (κ2) is 6.06. The highest BCUT2D eigenvalue weighted by Crippen LogP contribution is 2.45. The van der Waals surface area contributed by atoms with Gasteiger partial charge in [-0.1, -0.05) is 0 Å². The van der Waals surface area contributed by atoms with Crippen molar-refractivity contribution >= 4 is 11.9 Å². The highest BCUT2D eigenvalue weighted by atomic mass is 16.5. The first-order chi connectivity index (χ1) is 12.2. The maximum atomic E-state index is 6.36. The molecule has 1 spiro atoms. The summed E-state index contributed by atoms with van der Waals surface area (Å²) in [7, 11) is 0. The van der Waals surface area contributed by atoms with Gasteiger partial charge in [-0.3, -0.25) is 4.90 Å². The first-order valence-electron chi connectivity index (χ1n) is 9.86. The van der Waals surface area contributed by atoms with E-state index in [9.17, 15) is 0 Å². The average molecular weight is 344 g/mol. The van der Waals surface area contributed by atoms with Gasteiger partial charge in [0.05, 0.1) is 11.7 Å². The van der Waals surface area contributed by atoms with Crippen LogP contribution in [0.1, 0.15) is 56.7 Å². The van der Waals surface area contributed by atoms with Crippen LogP contribution in [0.15, 0.2) is 0 Å². The summed E-state index contributed by atoms with van der Waals surface area (Å²) in [5.74, 6) is 2.51. The third-order valence-corrected chi connectivity index (χ3v) is 6.32. The normalized spacial score (nSPS) is 29.1. The van der Waals surface area contributed by atoms with Crippen LogP contribution in [0.4, 0.5) is 11.9 Å². The summed E-state index contributed by atoms with van der Waals surface area (Å²) < 4.78 is 6.36. The summed E-state index contributed by atoms with van der Waals surface area (Å²) in [6.45, 7) is 5.05. The number of rotatable bonds is 4. The second-order valence-electron chi connectivity index (χ2n) is 8.23. The van der Waals surface area contributed by atoms with E-state index in [0.717, 1.165) is 44.5 Å². The molecule has 1 unspecified atom stereocenters. The zero-order chi connectivity index (χ0) is 16.9. The van der Waals surface area contributed by atoms with Gasteiger partial charge in [-0.15, -0.1) is 0 Å². The van der Waals surface area contributed by atoms with E-state index in [1.165, 1.54) is 44.9 Å². The first kappa shape index (κ1) is 15.8. The van der Waals surface area contributed by atoms with Crippen molar-refractivity contribution in [2.45, 2.75) is 62.6 Å². The largest absolute Gasteiger partial charge is 0.370 e. The van der Waals surface area contributed by atoms with Crippen LogP contribution in [-0.4, -0.2) is 64.3 Å². The van der Waals surface area contributed by atoms with Gasteiger partial charge in [0.2, 0.25) is 11.9 Å². The van der Waals surface area contributed by atoms with Gasteiger partial charge in [-0.25, -0.2) is 0 Å². The van der Waals surface area contributed by atoms with Crippen LogP contribution in [0.3, 0.4) is 0 Å². The highest BCUT2D eigenvalue weighted by molar-refractivity contribution is 5.36. The summed E-state index contributed by atoms with van der Waals surface area (Å²) in [6.07, 6.45) is 9.20. The number of nitrogen functional groups attached to an aromatic ring is 1. The minimum Gasteiger partial charge on any atom is -0.370 e. The molecule has 0 amide bonds. The summed E-state index contributed by atoms with van der Waals surface area (Å²) in [6, 6.07) is 0. The van der Waals surface area contributed by atoms with Gasteiger partial charge < -0.3 is 15.4 Å². The van der Waals surface area contributed by atoms with Gasteiger partial charge in [-0.05, 0) is 44.9 Å². The predicted octanol–water partition coefficient (Wildman–Crippen LogP) is 1.55. The van der Waals surface area contributed by atoms with Crippen LogP contribution in [-0.2, 0) is 4.74 Å². The molecule has 2 aliphatic heterocycles. The van der Waals surface area contributed by atoms with E-state index in [4.69, 9.17) is 10.5 Å². The Kier molecular flexibility index (Phi) is 3.82. The Morgan fingerprint density at radius 1 is 1.00 bits per heavy atom. The Hall–Kier alpha value is -1.47. The molecule has 2 aliphatic carbocycles. The third-order valence-electron chi connectivity index (χ3n) is 6.32. The summed E-state index contributed by atoms with van der Waals surface area (Å²) in [5, 5.41) is 0. The molecule has 2 N–H and O–H groups in total. The van der Waals surface area contributed by atoms with Crippen molar-refractivity contribution in [3.8, 4) is 0 Å². The van der Waals surface area contributed by atoms with E-state index in [-0.39, 0.29) is 5.60 Å². The molecule has 7 nitrogen and oxygen atoms in total. The average Bonchev–Trinajstić information content (AvgIpc) is 3.34. The molecule has 4 fully saturated rings. The third kappa shape index (κ3) is 3.19. The summed E-state index contributed by atoms with van der Waals surface area (Å²) >= 11 is 0. The molecule has 0 aromatic carbocycles. The van der Waals surface area contributed by atoms with E-state index in [1.807, 2.05) is 0 Å². The molecule has 7 heteroatoms. The summed E-state index contributed by atoms with van der Waals surface area (Å²) in [5.41, 5.74) is 6.17. The zero-order valence-electron chi connectivity index (χ0n) is 14.9. The lowest BCUT2D eigenvalue weighted by molar-refractivity contribution is -0.0974. The van der Waals surface area contributed by atoms with Crippen LogP contribution in [0, 0.1) is 0 Å². The molecule has 1 atom stereocenters. The smallest absolute Gasteiger partial charge is 0.230 e. The van der Waals surface area contributed by atoms with Gasteiger partial charge >= 0.3 is 0 Å². The molecule has 1 aromatic rings. The molecule has 0 bridgehead atoms. The number of ether oxygens (including phenoxy) is 1. The fourth-order valence-electron chi connectivity index (χ4n) is 4.44. The second-order valence-corrected chi connectivity index (χ2v) is 8.23. The highest BCUT2D eigenvalue weighted by Gasteiger charge is 2.45. The Balaban J connectivity index is 1.16. The number of hydrogen-bond donors (Lipinski definition) is 1. The lowest BCUT2D eigenvalue weighted by atomic mass is 9.78. The number of piperazine rings is 1. The molecule has 2 saturated heterocycles. The predicted molar refractivity (Wildman–Crippen MR) is 95.6 cm³/mol. The van der Waals surface area contributed by atoms with E-state index < -0.39 is 0 Å². The maximum absolute atomic E-state index is 6.36. The fraction of sp³-hybridized carbons (Fsp3) is 0.833. The standard InChI is InChI=1S/C18H28N6O/c19-16-20-15(13-2-3-13)21-17(22-16)24-10-8-23(9-11-24)12-14-4-7-18(25-14)5-1-6-18/h13-14H,1-12H2,(H2,19,20,21,22). The number of hydrogen-bond acceptors (Lipinski definition) is 7. The van der Waals surface area contributed by atoms with Gasteiger partial charge in [0.25, 0.3) is 0 Å². The minimum atomic E-state index is 0.272. The quantitative estimate of drug-likeness (QED) is 0.887. The van der Waals surface area contributed by atoms with Crippen molar-refractivity contribution in [1.29, 1.82) is 0 Å². The van der Waals surface area contributed by atoms with Gasteiger partial charge in [-0.2, -0.15) is 15.0 Å². The first-order valence-corrected chi connectivity index (χ1v) is 9.86. The molecule has 0 radical (unpaired) electrons. The van der Waals surface area contributed by atoms with Crippen molar-refractivity contribution < 1.29 is 4.74 Å². The van der Waals surface area contributed by atoms with E-state index >= 15 is 0 Å². The number of aromatic nitrogens is 3. The molecule has 3 heterocycles. The zero-order valence-corrected chi connectivity index (χ0v) is 14.9. The van der Waals surface area contributed by atoms with E-state index in [2.05, 4.69) is 24.8 Å². The van der Waals surface area contributed by atoms with Crippen LogP contribution in [0.2, 0.25) is 0 Å². The van der Waals surface area contributed by atoms with Crippen molar-refractivity contribution in [2.24, 2.45) is 0 Å². The fourth-order valence-corrected chi connectivity index (χ4v) is 4.44. The van der Waals surface area contributed by atoms with Crippen molar-refractivity contribution in [1.82, 2.24) is 19.9 Å². The monoisotopic (exact) mass is 344 g/mol. The Labute approximate surface area is 149 Å². The molecular formula is C18H28N6O. The molecule has 4 aliphatic rings. The van der Waals surface area contributed by atoms with Crippen molar-refractivity contribution in [3.05, 3.63) is 5.82 Å². The SMILES string of the molecule is Nc1nc(C2CC2)nc(N2CCN(CC3CCC4(CCC4)O3)CC2)n1. The Morgan fingerprint density at radius 3 is 2.44 bits per heavy atom. The van der Waals surface area contributed by atoms with Crippen LogP contribution >= 0.6 is 0 Å². The van der Waals surface area contributed by atoms with Crippen molar-refractivity contribution in [2.75, 3.05) is 43.4 Å². The lowest BCUT2D eigenvalue weighted by Crippen LogP contribution is -2.49. The van der Waals surface area contributed by atoms with Crippen LogP contribution < -0.4 is 10.6 Å². The Morgan fingerprint density at radius 2 is 1.80 bits per heavy atom.